The molecule has 1 aromatic heterocycles. The molecule has 30 heavy (non-hydrogen) atoms. The first-order valence-electron chi connectivity index (χ1n) is 10.3. The van der Waals surface area contributed by atoms with Gasteiger partial charge in [-0.25, -0.2) is 9.97 Å². The molecule has 0 fully saturated rings. The Bertz CT molecular complexity index is 1120. The lowest BCUT2D eigenvalue weighted by molar-refractivity contribution is -0.115. The topological polar surface area (TPSA) is 80.9 Å². The summed E-state index contributed by atoms with van der Waals surface area (Å²) in [6, 6.07) is 15.6. The second-order valence-corrected chi connectivity index (χ2v) is 7.72. The molecule has 3 N–H and O–H groups in total. The number of rotatable bonds is 5. The van der Waals surface area contributed by atoms with Crippen molar-refractivity contribution in [3.05, 3.63) is 76.6 Å². The normalized spacial score (nSPS) is 12.8. The number of amides is 1. The number of aryl methyl sites for hydroxylation is 2. The third-order valence-electron chi connectivity index (χ3n) is 5.42. The van der Waals surface area contributed by atoms with Crippen LogP contribution in [0.15, 0.2) is 54.1 Å². The number of nitrogens with zero attached hydrogens (tertiary/aromatic N) is 2. The molecule has 0 spiro atoms. The highest BCUT2D eigenvalue weighted by molar-refractivity contribution is 5.93. The van der Waals surface area contributed by atoms with Gasteiger partial charge in [0.1, 0.15) is 5.69 Å². The van der Waals surface area contributed by atoms with E-state index in [2.05, 4.69) is 19.2 Å². The minimum absolute atomic E-state index is 0.0942. The Morgan fingerprint density at radius 3 is 2.70 bits per heavy atom. The van der Waals surface area contributed by atoms with Crippen LogP contribution in [0.3, 0.4) is 0 Å². The van der Waals surface area contributed by atoms with Gasteiger partial charge in [0, 0.05) is 11.3 Å². The maximum Gasteiger partial charge on any atom is 0.230 e. The summed E-state index contributed by atoms with van der Waals surface area (Å²) in [6.07, 6.45) is 4.86. The molecule has 2 aromatic carbocycles. The molecule has 1 aliphatic carbocycles. The van der Waals surface area contributed by atoms with E-state index in [9.17, 15) is 4.79 Å². The molecule has 0 aliphatic heterocycles. The van der Waals surface area contributed by atoms with Crippen LogP contribution in [0.1, 0.15) is 42.8 Å². The van der Waals surface area contributed by atoms with E-state index in [0.717, 1.165) is 47.5 Å². The number of aromatic nitrogens is 2. The largest absolute Gasteiger partial charge is 0.399 e. The highest BCUT2D eigenvalue weighted by Crippen LogP contribution is 2.34. The lowest BCUT2D eigenvalue weighted by Gasteiger charge is -2.21. The molecule has 0 saturated heterocycles. The van der Waals surface area contributed by atoms with E-state index in [0.29, 0.717) is 17.9 Å². The number of hydrogen-bond donors (Lipinski definition) is 2. The van der Waals surface area contributed by atoms with Gasteiger partial charge < -0.3 is 11.1 Å². The molecule has 0 atom stereocenters. The van der Waals surface area contributed by atoms with Crippen LogP contribution in [0, 0.1) is 0 Å². The SMILES string of the molecule is CC/C(C)=C\c1nc2c(nc1NC(=O)Cc1ccccc1)CCc1cc(N)ccc1-2. The minimum atomic E-state index is -0.0942. The number of nitrogen functional groups attached to an aromatic ring is 1. The number of nitrogens with one attached hydrogen (secondary N) is 1. The van der Waals surface area contributed by atoms with Crippen molar-refractivity contribution in [1.29, 1.82) is 0 Å². The monoisotopic (exact) mass is 398 g/mol. The molecule has 0 saturated carbocycles. The summed E-state index contributed by atoms with van der Waals surface area (Å²) < 4.78 is 0. The van der Waals surface area contributed by atoms with Crippen molar-refractivity contribution in [3.63, 3.8) is 0 Å². The van der Waals surface area contributed by atoms with Gasteiger partial charge >= 0.3 is 0 Å². The second-order valence-electron chi connectivity index (χ2n) is 7.72. The Labute approximate surface area is 177 Å². The zero-order valence-corrected chi connectivity index (χ0v) is 17.4. The zero-order chi connectivity index (χ0) is 21.1. The number of nitrogens with two attached hydrogens (primary N) is 1. The maximum atomic E-state index is 12.7. The fraction of sp³-hybridized carbons (Fsp3) is 0.240. The standard InChI is InChI=1S/C25H26N4O/c1-3-16(2)13-22-25(29-23(30)14-17-7-5-4-6-8-17)28-21-12-9-18-15-19(26)10-11-20(18)24(21)27-22/h4-8,10-11,13,15H,3,9,12,14,26H2,1-2H3,(H,28,29,30)/b16-13-. The molecule has 5 heteroatoms. The molecular formula is C25H26N4O. The molecule has 5 nitrogen and oxygen atoms in total. The van der Waals surface area contributed by atoms with Gasteiger partial charge in [0.05, 0.1) is 17.8 Å². The lowest BCUT2D eigenvalue weighted by atomic mass is 9.91. The smallest absolute Gasteiger partial charge is 0.230 e. The summed E-state index contributed by atoms with van der Waals surface area (Å²) in [5, 5.41) is 2.99. The predicted octanol–water partition coefficient (Wildman–Crippen LogP) is 4.82. The Hall–Kier alpha value is -3.47. The first kappa shape index (κ1) is 19.8. The van der Waals surface area contributed by atoms with Gasteiger partial charge in [-0.15, -0.1) is 0 Å². The first-order chi connectivity index (χ1) is 14.5. The number of fused-ring (bicyclic) bond motifs is 3. The molecule has 1 aliphatic rings. The van der Waals surface area contributed by atoms with Crippen LogP contribution in [-0.4, -0.2) is 15.9 Å². The van der Waals surface area contributed by atoms with E-state index in [4.69, 9.17) is 15.7 Å². The van der Waals surface area contributed by atoms with E-state index in [-0.39, 0.29) is 5.91 Å². The van der Waals surface area contributed by atoms with Crippen LogP contribution in [0.4, 0.5) is 11.5 Å². The van der Waals surface area contributed by atoms with Gasteiger partial charge in [0.2, 0.25) is 5.91 Å². The van der Waals surface area contributed by atoms with Crippen molar-refractivity contribution in [2.45, 2.75) is 39.5 Å². The number of allylic oxidation sites excluding steroid dienone is 1. The molecule has 1 amide bonds. The average Bonchev–Trinajstić information content (AvgIpc) is 2.74. The summed E-state index contributed by atoms with van der Waals surface area (Å²) in [6.45, 7) is 4.16. The number of carbonyl (C=O) groups excluding carboxylic acids is 1. The minimum Gasteiger partial charge on any atom is -0.399 e. The molecule has 0 unspecified atom stereocenters. The molecule has 4 rings (SSSR count). The molecular weight excluding hydrogens is 372 g/mol. The second kappa shape index (κ2) is 8.49. The van der Waals surface area contributed by atoms with Gasteiger partial charge in [0.25, 0.3) is 0 Å². The van der Waals surface area contributed by atoms with Gasteiger partial charge in [-0.1, -0.05) is 48.9 Å². The quantitative estimate of drug-likeness (QED) is 0.604. The summed E-state index contributed by atoms with van der Waals surface area (Å²) in [7, 11) is 0. The number of anilines is 2. The van der Waals surface area contributed by atoms with Crippen LogP contribution < -0.4 is 11.1 Å². The Balaban J connectivity index is 1.71. The Morgan fingerprint density at radius 2 is 1.93 bits per heavy atom. The van der Waals surface area contributed by atoms with Crippen LogP contribution >= 0.6 is 0 Å². The van der Waals surface area contributed by atoms with E-state index in [1.165, 1.54) is 11.1 Å². The van der Waals surface area contributed by atoms with Crippen LogP contribution in [0.25, 0.3) is 17.3 Å². The third-order valence-corrected chi connectivity index (χ3v) is 5.42. The summed E-state index contributed by atoms with van der Waals surface area (Å²) >= 11 is 0. The van der Waals surface area contributed by atoms with Gasteiger partial charge in [-0.05, 0) is 55.5 Å². The van der Waals surface area contributed by atoms with Gasteiger partial charge in [-0.2, -0.15) is 0 Å². The average molecular weight is 399 g/mol. The molecule has 0 bridgehead atoms. The number of benzene rings is 2. The van der Waals surface area contributed by atoms with Gasteiger partial charge in [-0.3, -0.25) is 4.79 Å². The van der Waals surface area contributed by atoms with E-state index < -0.39 is 0 Å². The van der Waals surface area contributed by atoms with Crippen molar-refractivity contribution in [2.24, 2.45) is 0 Å². The first-order valence-corrected chi connectivity index (χ1v) is 10.3. The fourth-order valence-electron chi connectivity index (χ4n) is 3.66. The van der Waals surface area contributed by atoms with Gasteiger partial charge in [0.15, 0.2) is 5.82 Å². The van der Waals surface area contributed by atoms with Crippen LogP contribution in [0.2, 0.25) is 0 Å². The number of carbonyl (C=O) groups is 1. The van der Waals surface area contributed by atoms with E-state index >= 15 is 0 Å². The fourth-order valence-corrected chi connectivity index (χ4v) is 3.66. The highest BCUT2D eigenvalue weighted by atomic mass is 16.1. The molecule has 1 heterocycles. The Kier molecular flexibility index (Phi) is 5.61. The molecule has 152 valence electrons. The van der Waals surface area contributed by atoms with Crippen LogP contribution in [0.5, 0.6) is 0 Å². The lowest BCUT2D eigenvalue weighted by Crippen LogP contribution is -2.19. The van der Waals surface area contributed by atoms with Crippen molar-refractivity contribution in [3.8, 4) is 11.3 Å². The van der Waals surface area contributed by atoms with Crippen LogP contribution in [-0.2, 0) is 24.1 Å². The van der Waals surface area contributed by atoms with E-state index in [1.807, 2.05) is 54.6 Å². The Morgan fingerprint density at radius 1 is 1.13 bits per heavy atom. The van der Waals surface area contributed by atoms with Crippen molar-refractivity contribution in [1.82, 2.24) is 9.97 Å². The molecule has 0 radical (unpaired) electrons. The summed E-state index contributed by atoms with van der Waals surface area (Å²) in [4.78, 5) is 22.5. The predicted molar refractivity (Wildman–Crippen MR) is 122 cm³/mol. The summed E-state index contributed by atoms with van der Waals surface area (Å²) in [5.41, 5.74) is 13.6. The maximum absolute atomic E-state index is 12.7. The van der Waals surface area contributed by atoms with Crippen molar-refractivity contribution in [2.75, 3.05) is 11.1 Å². The third kappa shape index (κ3) is 4.25. The number of hydrogen-bond acceptors (Lipinski definition) is 4. The highest BCUT2D eigenvalue weighted by Gasteiger charge is 2.22. The van der Waals surface area contributed by atoms with E-state index in [1.54, 1.807) is 0 Å². The van der Waals surface area contributed by atoms with Crippen molar-refractivity contribution >= 4 is 23.5 Å². The zero-order valence-electron chi connectivity index (χ0n) is 17.4. The summed E-state index contributed by atoms with van der Waals surface area (Å²) in [5.74, 6) is 0.435. The molecule has 3 aromatic rings. The van der Waals surface area contributed by atoms with Crippen molar-refractivity contribution < 1.29 is 4.79 Å².